The summed E-state index contributed by atoms with van der Waals surface area (Å²) in [6.07, 6.45) is 0.541. The first-order valence-electron chi connectivity index (χ1n) is 4.60. The minimum absolute atomic E-state index is 0.00637. The molecule has 0 radical (unpaired) electrons. The Morgan fingerprint density at radius 2 is 1.58 bits per heavy atom. The minimum atomic E-state index is -0.241. The Bertz CT molecular complexity index is 133. The van der Waals surface area contributed by atoms with E-state index >= 15 is 0 Å². The van der Waals surface area contributed by atoms with Gasteiger partial charge in [0.2, 0.25) is 0 Å². The van der Waals surface area contributed by atoms with Gasteiger partial charge in [-0.1, -0.05) is 0 Å². The lowest BCUT2D eigenvalue weighted by Gasteiger charge is -2.35. The molecule has 12 heavy (non-hydrogen) atoms. The maximum absolute atomic E-state index is 9.24. The molecule has 1 unspecified atom stereocenters. The summed E-state index contributed by atoms with van der Waals surface area (Å²) in [6.45, 7) is 12.5. The fourth-order valence-electron chi connectivity index (χ4n) is 1.80. The highest BCUT2D eigenvalue weighted by Crippen LogP contribution is 2.15. The van der Waals surface area contributed by atoms with Gasteiger partial charge in [-0.25, -0.2) is 0 Å². The molecule has 0 aromatic rings. The van der Waals surface area contributed by atoms with E-state index < -0.39 is 0 Å². The molecule has 0 heterocycles. The predicted octanol–water partition coefficient (Wildman–Crippen LogP) is 1.92. The highest BCUT2D eigenvalue weighted by molar-refractivity contribution is 4.86. The zero-order valence-corrected chi connectivity index (χ0v) is 9.23. The second-order valence-corrected chi connectivity index (χ2v) is 5.31. The van der Waals surface area contributed by atoms with E-state index in [1.807, 2.05) is 6.92 Å². The van der Waals surface area contributed by atoms with E-state index in [9.17, 15) is 5.11 Å². The lowest BCUT2D eigenvalue weighted by Crippen LogP contribution is -2.51. The van der Waals surface area contributed by atoms with Crippen LogP contribution in [0.4, 0.5) is 0 Å². The number of aliphatic hydroxyl groups excluding tert-OH is 1. The second-order valence-electron chi connectivity index (χ2n) is 5.31. The zero-order valence-electron chi connectivity index (χ0n) is 9.23. The Kier molecular flexibility index (Phi) is 3.73. The van der Waals surface area contributed by atoms with Crippen LogP contribution in [0.1, 0.15) is 48.0 Å². The molecule has 0 rings (SSSR count). The Labute approximate surface area is 76.4 Å². The van der Waals surface area contributed by atoms with Gasteiger partial charge >= 0.3 is 0 Å². The highest BCUT2D eigenvalue weighted by Gasteiger charge is 2.24. The number of aliphatic hydroxyl groups is 1. The van der Waals surface area contributed by atoms with Crippen LogP contribution in [-0.4, -0.2) is 22.3 Å². The van der Waals surface area contributed by atoms with E-state index in [2.05, 4.69) is 39.9 Å². The SMILES string of the molecule is CC(O)CC(C)(C)NC(C)(C)C. The van der Waals surface area contributed by atoms with E-state index in [1.165, 1.54) is 0 Å². The van der Waals surface area contributed by atoms with E-state index in [1.54, 1.807) is 0 Å². The fourth-order valence-corrected chi connectivity index (χ4v) is 1.80. The van der Waals surface area contributed by atoms with Crippen molar-refractivity contribution in [2.75, 3.05) is 0 Å². The summed E-state index contributed by atoms with van der Waals surface area (Å²) in [4.78, 5) is 0. The van der Waals surface area contributed by atoms with E-state index in [-0.39, 0.29) is 17.2 Å². The summed E-state index contributed by atoms with van der Waals surface area (Å²) < 4.78 is 0. The first-order valence-corrected chi connectivity index (χ1v) is 4.60. The number of hydrogen-bond acceptors (Lipinski definition) is 2. The van der Waals surface area contributed by atoms with Crippen molar-refractivity contribution < 1.29 is 5.11 Å². The minimum Gasteiger partial charge on any atom is -0.393 e. The van der Waals surface area contributed by atoms with Crippen molar-refractivity contribution in [3.05, 3.63) is 0 Å². The van der Waals surface area contributed by atoms with Crippen molar-refractivity contribution in [1.82, 2.24) is 5.32 Å². The van der Waals surface area contributed by atoms with E-state index in [0.29, 0.717) is 0 Å². The average molecular weight is 173 g/mol. The summed E-state index contributed by atoms with van der Waals surface area (Å²) in [5, 5.41) is 12.7. The summed E-state index contributed by atoms with van der Waals surface area (Å²) in [7, 11) is 0. The molecule has 0 aliphatic heterocycles. The molecule has 0 aromatic heterocycles. The topological polar surface area (TPSA) is 32.3 Å². The molecular formula is C10H23NO. The molecule has 0 fully saturated rings. The highest BCUT2D eigenvalue weighted by atomic mass is 16.3. The van der Waals surface area contributed by atoms with Crippen LogP contribution in [0.3, 0.4) is 0 Å². The number of nitrogens with one attached hydrogen (secondary N) is 1. The summed E-state index contributed by atoms with van der Waals surface area (Å²) >= 11 is 0. The number of hydrogen-bond donors (Lipinski definition) is 2. The van der Waals surface area contributed by atoms with Gasteiger partial charge in [0.15, 0.2) is 0 Å². The average Bonchev–Trinajstić information content (AvgIpc) is 1.48. The lowest BCUT2D eigenvalue weighted by atomic mass is 9.93. The predicted molar refractivity (Wildman–Crippen MR) is 53.3 cm³/mol. The van der Waals surface area contributed by atoms with Crippen molar-refractivity contribution in [3.8, 4) is 0 Å². The van der Waals surface area contributed by atoms with Gasteiger partial charge in [0.1, 0.15) is 0 Å². The van der Waals surface area contributed by atoms with Crippen LogP contribution in [0.2, 0.25) is 0 Å². The molecule has 0 spiro atoms. The van der Waals surface area contributed by atoms with Crippen LogP contribution in [0.15, 0.2) is 0 Å². The quantitative estimate of drug-likeness (QED) is 0.683. The Hall–Kier alpha value is -0.0800. The van der Waals surface area contributed by atoms with Gasteiger partial charge in [-0.2, -0.15) is 0 Å². The molecule has 0 aliphatic rings. The van der Waals surface area contributed by atoms with E-state index in [4.69, 9.17) is 0 Å². The van der Waals surface area contributed by atoms with Gasteiger partial charge < -0.3 is 10.4 Å². The van der Waals surface area contributed by atoms with Crippen LogP contribution in [-0.2, 0) is 0 Å². The van der Waals surface area contributed by atoms with Gasteiger partial charge in [0.25, 0.3) is 0 Å². The smallest absolute Gasteiger partial charge is 0.0529 e. The van der Waals surface area contributed by atoms with Gasteiger partial charge in [-0.05, 0) is 48.0 Å². The largest absolute Gasteiger partial charge is 0.393 e. The summed E-state index contributed by atoms with van der Waals surface area (Å²) in [5.41, 5.74) is 0.116. The third kappa shape index (κ3) is 6.62. The molecule has 2 N–H and O–H groups in total. The van der Waals surface area contributed by atoms with Crippen LogP contribution in [0, 0.1) is 0 Å². The maximum Gasteiger partial charge on any atom is 0.0529 e. The van der Waals surface area contributed by atoms with Gasteiger partial charge in [0, 0.05) is 11.1 Å². The van der Waals surface area contributed by atoms with Crippen LogP contribution < -0.4 is 5.32 Å². The lowest BCUT2D eigenvalue weighted by molar-refractivity contribution is 0.132. The Morgan fingerprint density at radius 1 is 1.17 bits per heavy atom. The van der Waals surface area contributed by atoms with Crippen molar-refractivity contribution in [2.45, 2.75) is 65.1 Å². The summed E-state index contributed by atoms with van der Waals surface area (Å²) in [5.74, 6) is 0. The van der Waals surface area contributed by atoms with Crippen LogP contribution >= 0.6 is 0 Å². The number of rotatable bonds is 3. The summed E-state index contributed by atoms with van der Waals surface area (Å²) in [6, 6.07) is 0. The second kappa shape index (κ2) is 3.75. The van der Waals surface area contributed by atoms with Gasteiger partial charge in [-0.15, -0.1) is 0 Å². The molecule has 0 saturated heterocycles. The van der Waals surface area contributed by atoms with Crippen LogP contribution in [0.25, 0.3) is 0 Å². The van der Waals surface area contributed by atoms with Crippen molar-refractivity contribution in [3.63, 3.8) is 0 Å². The first-order chi connectivity index (χ1) is 5.12. The molecule has 0 bridgehead atoms. The molecule has 2 nitrogen and oxygen atoms in total. The Balaban J connectivity index is 4.04. The molecule has 0 aliphatic carbocycles. The molecule has 1 atom stereocenters. The zero-order chi connectivity index (χ0) is 9.99. The molecule has 0 amide bonds. The molecule has 0 aromatic carbocycles. The first kappa shape index (κ1) is 11.9. The fraction of sp³-hybridized carbons (Fsp3) is 1.00. The van der Waals surface area contributed by atoms with Gasteiger partial charge in [0.05, 0.1) is 6.10 Å². The monoisotopic (exact) mass is 173 g/mol. The van der Waals surface area contributed by atoms with Crippen molar-refractivity contribution in [1.29, 1.82) is 0 Å². The normalized spacial score (nSPS) is 16.2. The molecule has 2 heteroatoms. The molecular weight excluding hydrogens is 150 g/mol. The maximum atomic E-state index is 9.24. The standard InChI is InChI=1S/C10H23NO/c1-8(12)7-10(5,6)11-9(2,3)4/h8,11-12H,7H2,1-6H3. The Morgan fingerprint density at radius 3 is 1.83 bits per heavy atom. The van der Waals surface area contributed by atoms with Crippen molar-refractivity contribution in [2.24, 2.45) is 0 Å². The van der Waals surface area contributed by atoms with E-state index in [0.717, 1.165) is 6.42 Å². The van der Waals surface area contributed by atoms with Crippen LogP contribution in [0.5, 0.6) is 0 Å². The van der Waals surface area contributed by atoms with Gasteiger partial charge in [-0.3, -0.25) is 0 Å². The third-order valence-electron chi connectivity index (χ3n) is 1.52. The molecule has 74 valence electrons. The van der Waals surface area contributed by atoms with Crippen molar-refractivity contribution >= 4 is 0 Å². The molecule has 0 saturated carbocycles. The third-order valence-corrected chi connectivity index (χ3v) is 1.52.